The Morgan fingerprint density at radius 2 is 1.30 bits per heavy atom. The number of aryl methyl sites for hydroxylation is 1. The van der Waals surface area contributed by atoms with Gasteiger partial charge in [-0.15, -0.1) is 0 Å². The zero-order chi connectivity index (χ0) is 23.5. The van der Waals surface area contributed by atoms with Gasteiger partial charge in [-0.2, -0.15) is 0 Å². The van der Waals surface area contributed by atoms with Crippen molar-refractivity contribution in [2.24, 2.45) is 0 Å². The first kappa shape index (κ1) is 22.3. The number of fused-ring (bicyclic) bond motifs is 1. The molecular formula is C27H17F5O. The van der Waals surface area contributed by atoms with Crippen LogP contribution < -0.4 is 4.74 Å². The molecule has 0 bridgehead atoms. The van der Waals surface area contributed by atoms with E-state index in [1.807, 2.05) is 0 Å². The molecule has 0 fully saturated rings. The van der Waals surface area contributed by atoms with Crippen LogP contribution in [0.1, 0.15) is 22.3 Å². The fourth-order valence-electron chi connectivity index (χ4n) is 3.52. The Bertz CT molecular complexity index is 1370. The van der Waals surface area contributed by atoms with Gasteiger partial charge in [-0.25, -0.2) is 22.0 Å². The second-order valence-corrected chi connectivity index (χ2v) is 7.46. The largest absolute Gasteiger partial charge is 0.497 e. The third kappa shape index (κ3) is 4.98. The molecule has 0 unspecified atom stereocenters. The van der Waals surface area contributed by atoms with E-state index in [0.29, 0.717) is 10.9 Å². The lowest BCUT2D eigenvalue weighted by atomic mass is 10.0. The van der Waals surface area contributed by atoms with Crippen LogP contribution >= 0.6 is 0 Å². The van der Waals surface area contributed by atoms with Gasteiger partial charge in [0, 0.05) is 23.3 Å². The molecule has 0 amide bonds. The van der Waals surface area contributed by atoms with Crippen LogP contribution in [0.3, 0.4) is 0 Å². The van der Waals surface area contributed by atoms with Crippen molar-refractivity contribution in [3.05, 3.63) is 112 Å². The summed E-state index contributed by atoms with van der Waals surface area (Å²) < 4.78 is 75.4. The molecule has 0 saturated carbocycles. The molecular weight excluding hydrogens is 435 g/mol. The monoisotopic (exact) mass is 452 g/mol. The minimum Gasteiger partial charge on any atom is -0.497 e. The van der Waals surface area contributed by atoms with Crippen LogP contribution in [0.25, 0.3) is 10.8 Å². The Morgan fingerprint density at radius 3 is 1.97 bits per heavy atom. The molecule has 6 heteroatoms. The first-order valence-electron chi connectivity index (χ1n) is 10.0. The molecule has 4 aromatic rings. The molecule has 0 radical (unpaired) electrons. The van der Waals surface area contributed by atoms with Crippen molar-refractivity contribution in [3.63, 3.8) is 0 Å². The van der Waals surface area contributed by atoms with Crippen molar-refractivity contribution in [3.8, 4) is 17.6 Å². The summed E-state index contributed by atoms with van der Waals surface area (Å²) in [6, 6.07) is 13.6. The first-order valence-corrected chi connectivity index (χ1v) is 10.0. The molecule has 0 heterocycles. The van der Waals surface area contributed by atoms with Gasteiger partial charge >= 0.3 is 0 Å². The van der Waals surface area contributed by atoms with Crippen molar-refractivity contribution >= 4 is 10.8 Å². The summed E-state index contributed by atoms with van der Waals surface area (Å²) in [5.41, 5.74) is 0.178. The second kappa shape index (κ2) is 9.33. The molecule has 0 saturated heterocycles. The number of methoxy groups -OCH3 is 1. The molecule has 4 aromatic carbocycles. The Kier molecular flexibility index (Phi) is 6.32. The Balaban J connectivity index is 1.54. The van der Waals surface area contributed by atoms with E-state index in [0.717, 1.165) is 29.7 Å². The number of hydrogen-bond donors (Lipinski definition) is 0. The van der Waals surface area contributed by atoms with Gasteiger partial charge in [0.05, 0.1) is 12.7 Å². The van der Waals surface area contributed by atoms with Gasteiger partial charge in [0.1, 0.15) is 34.8 Å². The summed E-state index contributed by atoms with van der Waals surface area (Å²) >= 11 is 0. The number of benzene rings is 4. The van der Waals surface area contributed by atoms with Crippen molar-refractivity contribution in [2.45, 2.75) is 12.8 Å². The Labute approximate surface area is 187 Å². The fraction of sp³-hybridized carbons (Fsp3) is 0.111. The van der Waals surface area contributed by atoms with Gasteiger partial charge in [0.2, 0.25) is 0 Å². The molecule has 4 rings (SSSR count). The minimum atomic E-state index is -0.865. The molecule has 166 valence electrons. The van der Waals surface area contributed by atoms with Crippen molar-refractivity contribution in [1.82, 2.24) is 0 Å². The Morgan fingerprint density at radius 1 is 0.667 bits per heavy atom. The highest BCUT2D eigenvalue weighted by Crippen LogP contribution is 2.23. The maximum absolute atomic E-state index is 14.5. The molecule has 33 heavy (non-hydrogen) atoms. The summed E-state index contributed by atoms with van der Waals surface area (Å²) in [5.74, 6) is 1.61. The normalized spacial score (nSPS) is 10.7. The van der Waals surface area contributed by atoms with E-state index in [1.165, 1.54) is 19.2 Å². The molecule has 0 aromatic heterocycles. The average Bonchev–Trinajstić information content (AvgIpc) is 2.77. The minimum absolute atomic E-state index is 0.0307. The number of rotatable bonds is 4. The summed E-state index contributed by atoms with van der Waals surface area (Å²) in [7, 11) is 1.30. The van der Waals surface area contributed by atoms with E-state index in [2.05, 4.69) is 11.8 Å². The van der Waals surface area contributed by atoms with Crippen LogP contribution in [0.5, 0.6) is 5.75 Å². The molecule has 0 aliphatic rings. The molecule has 0 aliphatic heterocycles. The van der Waals surface area contributed by atoms with E-state index >= 15 is 0 Å². The topological polar surface area (TPSA) is 9.23 Å². The van der Waals surface area contributed by atoms with Crippen LogP contribution in [0.2, 0.25) is 0 Å². The van der Waals surface area contributed by atoms with E-state index in [-0.39, 0.29) is 35.5 Å². The van der Waals surface area contributed by atoms with Gasteiger partial charge in [-0.1, -0.05) is 24.0 Å². The lowest BCUT2D eigenvalue weighted by Crippen LogP contribution is -2.02. The zero-order valence-corrected chi connectivity index (χ0v) is 17.5. The smallest absolute Gasteiger partial charge is 0.142 e. The lowest BCUT2D eigenvalue weighted by Gasteiger charge is -2.09. The second-order valence-electron chi connectivity index (χ2n) is 7.46. The predicted octanol–water partition coefficient (Wildman–Crippen LogP) is 6.73. The van der Waals surface area contributed by atoms with E-state index in [1.54, 1.807) is 24.3 Å². The highest BCUT2D eigenvalue weighted by Gasteiger charge is 2.14. The third-order valence-electron chi connectivity index (χ3n) is 5.25. The quantitative estimate of drug-likeness (QED) is 0.247. The first-order chi connectivity index (χ1) is 15.8. The molecule has 1 nitrogen and oxygen atoms in total. The van der Waals surface area contributed by atoms with Crippen molar-refractivity contribution in [2.75, 3.05) is 7.11 Å². The number of hydrogen-bond acceptors (Lipinski definition) is 1. The van der Waals surface area contributed by atoms with E-state index in [9.17, 15) is 22.0 Å². The van der Waals surface area contributed by atoms with Crippen molar-refractivity contribution < 1.29 is 26.7 Å². The molecule has 0 spiro atoms. The van der Waals surface area contributed by atoms with Gasteiger partial charge in [-0.05, 0) is 65.6 Å². The summed E-state index contributed by atoms with van der Waals surface area (Å²) in [6.45, 7) is 0. The maximum Gasteiger partial charge on any atom is 0.142 e. The highest BCUT2D eigenvalue weighted by molar-refractivity contribution is 5.84. The highest BCUT2D eigenvalue weighted by atomic mass is 19.1. The van der Waals surface area contributed by atoms with E-state index < -0.39 is 28.8 Å². The van der Waals surface area contributed by atoms with Crippen LogP contribution in [-0.2, 0) is 12.8 Å². The lowest BCUT2D eigenvalue weighted by molar-refractivity contribution is 0.405. The average molecular weight is 452 g/mol. The standard InChI is InChI=1S/C27H17F5O/c1-33-21-14-26(31)23(27(32)15-21)9-4-17-11-24(29)22(25(30)12-17)8-3-16-2-5-19-13-20(28)7-6-18(19)10-16/h2,5-7,10-15H,4,9H2,1H3. The van der Waals surface area contributed by atoms with Crippen LogP contribution in [-0.4, -0.2) is 7.11 Å². The SMILES string of the molecule is COc1cc(F)c(CCc2cc(F)c(C#Cc3ccc4cc(F)ccc4c3)c(F)c2)c(F)c1. The number of halogens is 5. The van der Waals surface area contributed by atoms with Gasteiger partial charge in [-0.3, -0.25) is 0 Å². The zero-order valence-electron chi connectivity index (χ0n) is 17.5. The van der Waals surface area contributed by atoms with E-state index in [4.69, 9.17) is 4.74 Å². The van der Waals surface area contributed by atoms with Crippen LogP contribution in [0.15, 0.2) is 60.7 Å². The number of ether oxygens (including phenoxy) is 1. The summed E-state index contributed by atoms with van der Waals surface area (Å²) in [6.07, 6.45) is -0.0494. The van der Waals surface area contributed by atoms with Crippen LogP contribution in [0.4, 0.5) is 22.0 Å². The van der Waals surface area contributed by atoms with Gasteiger partial charge in [0.25, 0.3) is 0 Å². The molecule has 0 N–H and O–H groups in total. The fourth-order valence-corrected chi connectivity index (χ4v) is 3.52. The molecule has 0 atom stereocenters. The van der Waals surface area contributed by atoms with Crippen LogP contribution in [0, 0.1) is 40.9 Å². The van der Waals surface area contributed by atoms with Gasteiger partial charge < -0.3 is 4.74 Å². The summed E-state index contributed by atoms with van der Waals surface area (Å²) in [4.78, 5) is 0. The third-order valence-corrected chi connectivity index (χ3v) is 5.25. The van der Waals surface area contributed by atoms with Crippen molar-refractivity contribution in [1.29, 1.82) is 0 Å². The molecule has 0 aliphatic carbocycles. The predicted molar refractivity (Wildman–Crippen MR) is 117 cm³/mol. The van der Waals surface area contributed by atoms with Gasteiger partial charge in [0.15, 0.2) is 0 Å². The summed E-state index contributed by atoms with van der Waals surface area (Å²) in [5, 5.41) is 1.43. The maximum atomic E-state index is 14.5. The Hall–Kier alpha value is -3.85.